The molecule has 0 unspecified atom stereocenters. The second kappa shape index (κ2) is 5.12. The van der Waals surface area contributed by atoms with Crippen molar-refractivity contribution in [3.63, 3.8) is 0 Å². The van der Waals surface area contributed by atoms with Crippen LogP contribution < -0.4 is 0 Å². The molecule has 1 aliphatic rings. The third-order valence-electron chi connectivity index (χ3n) is 3.58. The van der Waals surface area contributed by atoms with Crippen LogP contribution in [0.2, 0.25) is 5.02 Å². The van der Waals surface area contributed by atoms with Crippen LogP contribution in [0.25, 0.3) is 11.0 Å². The minimum absolute atomic E-state index is 0. The van der Waals surface area contributed by atoms with Crippen molar-refractivity contribution in [3.8, 4) is 0 Å². The van der Waals surface area contributed by atoms with Crippen LogP contribution in [-0.2, 0) is 19.4 Å². The minimum Gasteiger partial charge on any atom is -0.461 e. The molecule has 1 aromatic carbocycles. The van der Waals surface area contributed by atoms with Crippen LogP contribution in [0.15, 0.2) is 16.5 Å². The van der Waals surface area contributed by atoms with Crippen LogP contribution >= 0.6 is 24.0 Å². The number of aryl methyl sites for hydroxylation is 1. The quantitative estimate of drug-likeness (QED) is 0.786. The van der Waals surface area contributed by atoms with Crippen LogP contribution in [0.3, 0.4) is 0 Å². The molecule has 0 atom stereocenters. The number of benzene rings is 1. The van der Waals surface area contributed by atoms with Crippen molar-refractivity contribution in [2.75, 3.05) is 13.6 Å². The molecule has 2 nitrogen and oxygen atoms in total. The molecule has 4 heteroatoms. The molecule has 1 aliphatic heterocycles. The van der Waals surface area contributed by atoms with Gasteiger partial charge < -0.3 is 9.32 Å². The molecule has 98 valence electrons. The summed E-state index contributed by atoms with van der Waals surface area (Å²) in [6.45, 7) is 4.15. The first-order valence-electron chi connectivity index (χ1n) is 6.11. The zero-order valence-corrected chi connectivity index (χ0v) is 12.2. The van der Waals surface area contributed by atoms with E-state index in [-0.39, 0.29) is 12.4 Å². The van der Waals surface area contributed by atoms with E-state index in [0.29, 0.717) is 0 Å². The summed E-state index contributed by atoms with van der Waals surface area (Å²) < 4.78 is 5.93. The minimum atomic E-state index is 0. The monoisotopic (exact) mass is 285 g/mol. The Labute approximate surface area is 118 Å². The van der Waals surface area contributed by atoms with E-state index in [9.17, 15) is 0 Å². The Morgan fingerprint density at radius 2 is 2.11 bits per heavy atom. The maximum atomic E-state index is 6.32. The smallest absolute Gasteiger partial charge is 0.135 e. The third-order valence-corrected chi connectivity index (χ3v) is 3.94. The molecular weight excluding hydrogens is 269 g/mol. The lowest BCUT2D eigenvalue weighted by Crippen LogP contribution is -2.19. The molecule has 0 saturated carbocycles. The van der Waals surface area contributed by atoms with Gasteiger partial charge in [-0.05, 0) is 31.2 Å². The molecule has 1 aromatic heterocycles. The Hall–Kier alpha value is -0.700. The van der Waals surface area contributed by atoms with Gasteiger partial charge in [-0.25, -0.2) is 0 Å². The van der Waals surface area contributed by atoms with E-state index < -0.39 is 0 Å². The Morgan fingerprint density at radius 1 is 1.33 bits per heavy atom. The fourth-order valence-electron chi connectivity index (χ4n) is 2.70. The van der Waals surface area contributed by atoms with E-state index in [2.05, 4.69) is 18.9 Å². The number of nitrogens with zero attached hydrogens (tertiary/aromatic N) is 1. The third kappa shape index (κ3) is 2.03. The average molecular weight is 286 g/mol. The number of hydrogen-bond donors (Lipinski definition) is 0. The predicted molar refractivity (Wildman–Crippen MR) is 77.9 cm³/mol. The molecule has 0 N–H and O–H groups in total. The van der Waals surface area contributed by atoms with Crippen molar-refractivity contribution in [2.24, 2.45) is 0 Å². The van der Waals surface area contributed by atoms with Crippen molar-refractivity contribution in [2.45, 2.75) is 26.3 Å². The highest BCUT2D eigenvalue weighted by Crippen LogP contribution is 2.36. The number of halogens is 2. The second-order valence-electron chi connectivity index (χ2n) is 4.74. The van der Waals surface area contributed by atoms with Gasteiger partial charge in [0, 0.05) is 35.5 Å². The van der Waals surface area contributed by atoms with Crippen LogP contribution in [0.4, 0.5) is 0 Å². The zero-order chi connectivity index (χ0) is 12.0. The molecule has 18 heavy (non-hydrogen) atoms. The fourth-order valence-corrected chi connectivity index (χ4v) is 2.95. The van der Waals surface area contributed by atoms with Gasteiger partial charge in [0.15, 0.2) is 0 Å². The molecule has 0 fully saturated rings. The maximum absolute atomic E-state index is 6.32. The van der Waals surface area contributed by atoms with Crippen molar-refractivity contribution in [3.05, 3.63) is 34.0 Å². The summed E-state index contributed by atoms with van der Waals surface area (Å²) in [5, 5.41) is 2.14. The largest absolute Gasteiger partial charge is 0.461 e. The van der Waals surface area contributed by atoms with Gasteiger partial charge >= 0.3 is 0 Å². The summed E-state index contributed by atoms with van der Waals surface area (Å²) in [5.74, 6) is 1.11. The lowest BCUT2D eigenvalue weighted by atomic mass is 10.0. The number of furan rings is 1. The molecule has 0 aliphatic carbocycles. The summed E-state index contributed by atoms with van der Waals surface area (Å²) >= 11 is 6.32. The van der Waals surface area contributed by atoms with Gasteiger partial charge in [-0.15, -0.1) is 12.4 Å². The van der Waals surface area contributed by atoms with Gasteiger partial charge in [0.25, 0.3) is 0 Å². The van der Waals surface area contributed by atoms with Gasteiger partial charge in [0.1, 0.15) is 11.3 Å². The zero-order valence-electron chi connectivity index (χ0n) is 10.6. The molecule has 0 saturated heterocycles. The number of hydrogen-bond acceptors (Lipinski definition) is 2. The van der Waals surface area contributed by atoms with Crippen molar-refractivity contribution < 1.29 is 4.42 Å². The standard InChI is InChI=1S/C14H16ClNO.ClH/c1-3-12-10-8-16(2)7-6-9-11(15)4-5-13(17-12)14(9)10;/h4-5H,3,6-8H2,1-2H3;1H. The van der Waals surface area contributed by atoms with E-state index >= 15 is 0 Å². The van der Waals surface area contributed by atoms with Gasteiger partial charge in [-0.1, -0.05) is 18.5 Å². The molecule has 2 heterocycles. The first kappa shape index (κ1) is 13.7. The van der Waals surface area contributed by atoms with Gasteiger partial charge in [-0.3, -0.25) is 0 Å². The Bertz CT molecular complexity index is 577. The van der Waals surface area contributed by atoms with Crippen molar-refractivity contribution >= 4 is 35.0 Å². The molecule has 3 rings (SSSR count). The molecule has 0 radical (unpaired) electrons. The Kier molecular flexibility index (Phi) is 3.90. The van der Waals surface area contributed by atoms with Crippen LogP contribution in [-0.4, -0.2) is 18.5 Å². The molecule has 2 aromatic rings. The highest BCUT2D eigenvalue weighted by atomic mass is 35.5. The highest BCUT2D eigenvalue weighted by Gasteiger charge is 2.22. The summed E-state index contributed by atoms with van der Waals surface area (Å²) in [4.78, 5) is 2.33. The summed E-state index contributed by atoms with van der Waals surface area (Å²) in [5.41, 5.74) is 3.58. The van der Waals surface area contributed by atoms with Gasteiger partial charge in [-0.2, -0.15) is 0 Å². The van der Waals surface area contributed by atoms with Crippen LogP contribution in [0.1, 0.15) is 23.8 Å². The topological polar surface area (TPSA) is 16.4 Å². The first-order chi connectivity index (χ1) is 8.20. The Morgan fingerprint density at radius 3 is 2.83 bits per heavy atom. The van der Waals surface area contributed by atoms with Gasteiger partial charge in [0.2, 0.25) is 0 Å². The molecular formula is C14H17Cl2NO. The van der Waals surface area contributed by atoms with E-state index in [1.165, 1.54) is 16.5 Å². The van der Waals surface area contributed by atoms with Crippen molar-refractivity contribution in [1.82, 2.24) is 4.90 Å². The fraction of sp³-hybridized carbons (Fsp3) is 0.429. The molecule has 0 bridgehead atoms. The Balaban J connectivity index is 0.00000120. The number of likely N-dealkylation sites (N-methyl/N-ethyl adjacent to an activating group) is 1. The summed E-state index contributed by atoms with van der Waals surface area (Å²) in [7, 11) is 2.15. The maximum Gasteiger partial charge on any atom is 0.135 e. The van der Waals surface area contributed by atoms with Crippen LogP contribution in [0.5, 0.6) is 0 Å². The van der Waals surface area contributed by atoms with E-state index in [1.807, 2.05) is 12.1 Å². The normalized spacial score (nSPS) is 15.5. The summed E-state index contributed by atoms with van der Waals surface area (Å²) in [6, 6.07) is 3.95. The average Bonchev–Trinajstić information content (AvgIpc) is 2.56. The lowest BCUT2D eigenvalue weighted by molar-refractivity contribution is 0.332. The van der Waals surface area contributed by atoms with Gasteiger partial charge in [0.05, 0.1) is 0 Å². The molecule has 0 spiro atoms. The van der Waals surface area contributed by atoms with E-state index in [4.69, 9.17) is 16.0 Å². The lowest BCUT2D eigenvalue weighted by Gasteiger charge is -2.13. The predicted octanol–water partition coefficient (Wildman–Crippen LogP) is 4.06. The van der Waals surface area contributed by atoms with Crippen LogP contribution in [0, 0.1) is 0 Å². The van der Waals surface area contributed by atoms with E-state index in [0.717, 1.165) is 42.3 Å². The first-order valence-corrected chi connectivity index (χ1v) is 6.48. The van der Waals surface area contributed by atoms with E-state index in [1.54, 1.807) is 0 Å². The van der Waals surface area contributed by atoms with Crippen molar-refractivity contribution in [1.29, 1.82) is 0 Å². The summed E-state index contributed by atoms with van der Waals surface area (Å²) in [6.07, 6.45) is 1.94. The SMILES string of the molecule is CCc1oc2ccc(Cl)c3c2c1CN(C)CC3.Cl. The second-order valence-corrected chi connectivity index (χ2v) is 5.15. The highest BCUT2D eigenvalue weighted by molar-refractivity contribution is 6.32. The number of rotatable bonds is 1. The molecule has 0 amide bonds.